The van der Waals surface area contributed by atoms with Crippen molar-refractivity contribution in [3.05, 3.63) is 114 Å². The Labute approximate surface area is 255 Å². The number of anilines is 2. The van der Waals surface area contributed by atoms with Crippen LogP contribution in [0.4, 0.5) is 11.4 Å². The van der Waals surface area contributed by atoms with Gasteiger partial charge in [-0.25, -0.2) is 4.68 Å². The third kappa shape index (κ3) is 6.40. The number of ether oxygens (including phenoxy) is 2. The van der Waals surface area contributed by atoms with Gasteiger partial charge in [-0.1, -0.05) is 59.8 Å². The first kappa shape index (κ1) is 28.9. The summed E-state index contributed by atoms with van der Waals surface area (Å²) in [5, 5.41) is 11.5. The van der Waals surface area contributed by atoms with Crippen molar-refractivity contribution in [3.63, 3.8) is 0 Å². The van der Waals surface area contributed by atoms with Gasteiger partial charge in [0.05, 0.1) is 25.8 Å². The van der Waals surface area contributed by atoms with Crippen molar-refractivity contribution in [1.29, 1.82) is 0 Å². The fourth-order valence-corrected chi connectivity index (χ4v) is 5.41. The molecule has 0 saturated carbocycles. The van der Waals surface area contributed by atoms with E-state index in [1.807, 2.05) is 78.9 Å². The number of nitrogens with zero attached hydrogens (tertiary/aromatic N) is 5. The summed E-state index contributed by atoms with van der Waals surface area (Å²) in [7, 11) is 1.59. The molecule has 1 aromatic heterocycles. The molecule has 0 bridgehead atoms. The maximum Gasteiger partial charge on any atom is 0.249 e. The summed E-state index contributed by atoms with van der Waals surface area (Å²) in [5.41, 5.74) is 4.65. The SMILES string of the molecule is COc1ccc(N(C(=O)Cn2nnc3ccccc32)[C@H](C(=O)NCc2ccccc2)c2ccc(N3CCOCC3)cc2)cc1. The predicted molar refractivity (Wildman–Crippen MR) is 169 cm³/mol. The smallest absolute Gasteiger partial charge is 0.249 e. The first-order valence-corrected chi connectivity index (χ1v) is 14.6. The van der Waals surface area contributed by atoms with Crippen molar-refractivity contribution >= 4 is 34.2 Å². The lowest BCUT2D eigenvalue weighted by atomic mass is 10.0. The lowest BCUT2D eigenvalue weighted by Crippen LogP contribution is -2.45. The van der Waals surface area contributed by atoms with Crippen LogP contribution in [0.15, 0.2) is 103 Å². The van der Waals surface area contributed by atoms with E-state index in [2.05, 4.69) is 20.5 Å². The van der Waals surface area contributed by atoms with Gasteiger partial charge in [-0.15, -0.1) is 5.10 Å². The number of hydrogen-bond donors (Lipinski definition) is 1. The Morgan fingerprint density at radius 1 is 0.909 bits per heavy atom. The molecule has 1 aliphatic heterocycles. The number of benzene rings is 4. The fraction of sp³-hybridized carbons (Fsp3) is 0.235. The summed E-state index contributed by atoms with van der Waals surface area (Å²) < 4.78 is 12.5. The second-order valence-corrected chi connectivity index (χ2v) is 10.5. The molecule has 1 fully saturated rings. The Bertz CT molecular complexity index is 1700. The van der Waals surface area contributed by atoms with Crippen LogP contribution >= 0.6 is 0 Å². The van der Waals surface area contributed by atoms with Gasteiger partial charge in [-0.05, 0) is 59.7 Å². The largest absolute Gasteiger partial charge is 0.497 e. The molecule has 4 aromatic carbocycles. The summed E-state index contributed by atoms with van der Waals surface area (Å²) in [6.07, 6.45) is 0. The van der Waals surface area contributed by atoms with E-state index in [9.17, 15) is 9.59 Å². The lowest BCUT2D eigenvalue weighted by molar-refractivity contribution is -0.127. The van der Waals surface area contributed by atoms with Crippen LogP contribution in [0.1, 0.15) is 17.2 Å². The van der Waals surface area contributed by atoms with Gasteiger partial charge in [0, 0.05) is 31.0 Å². The van der Waals surface area contributed by atoms with E-state index in [4.69, 9.17) is 9.47 Å². The number of hydrogen-bond acceptors (Lipinski definition) is 7. The molecule has 6 rings (SSSR count). The summed E-state index contributed by atoms with van der Waals surface area (Å²) in [6.45, 7) is 3.14. The normalized spacial score (nSPS) is 13.8. The highest BCUT2D eigenvalue weighted by Crippen LogP contribution is 2.31. The van der Waals surface area contributed by atoms with E-state index in [0.717, 1.165) is 29.9 Å². The van der Waals surface area contributed by atoms with Gasteiger partial charge >= 0.3 is 0 Å². The number of amides is 2. The summed E-state index contributed by atoms with van der Waals surface area (Å²) in [4.78, 5) is 32.3. The van der Waals surface area contributed by atoms with Crippen LogP contribution in [-0.2, 0) is 27.4 Å². The topological polar surface area (TPSA) is 102 Å². The number of methoxy groups -OCH3 is 1. The summed E-state index contributed by atoms with van der Waals surface area (Å²) in [5.74, 6) is 0.0203. The molecular weight excluding hydrogens is 556 g/mol. The molecule has 5 aromatic rings. The zero-order valence-corrected chi connectivity index (χ0v) is 24.5. The van der Waals surface area contributed by atoms with E-state index >= 15 is 0 Å². The molecule has 0 radical (unpaired) electrons. The number of rotatable bonds is 10. The molecule has 0 unspecified atom stereocenters. The Morgan fingerprint density at radius 3 is 2.34 bits per heavy atom. The molecule has 10 heteroatoms. The first-order chi connectivity index (χ1) is 21.6. The molecule has 44 heavy (non-hydrogen) atoms. The van der Waals surface area contributed by atoms with Crippen molar-refractivity contribution in [2.45, 2.75) is 19.1 Å². The number of fused-ring (bicyclic) bond motifs is 1. The first-order valence-electron chi connectivity index (χ1n) is 14.6. The van der Waals surface area contributed by atoms with E-state index in [1.54, 1.807) is 41.0 Å². The molecule has 2 amide bonds. The van der Waals surface area contributed by atoms with Gasteiger partial charge in [0.25, 0.3) is 0 Å². The quantitative estimate of drug-likeness (QED) is 0.258. The van der Waals surface area contributed by atoms with Crippen molar-refractivity contribution in [2.24, 2.45) is 0 Å². The maximum atomic E-state index is 14.3. The molecule has 2 heterocycles. The third-order valence-corrected chi connectivity index (χ3v) is 7.73. The van der Waals surface area contributed by atoms with Gasteiger partial charge in [-0.2, -0.15) is 0 Å². The molecule has 1 saturated heterocycles. The highest BCUT2D eigenvalue weighted by atomic mass is 16.5. The number of aromatic nitrogens is 3. The monoisotopic (exact) mass is 590 g/mol. The zero-order valence-electron chi connectivity index (χ0n) is 24.5. The molecule has 0 spiro atoms. The molecule has 1 N–H and O–H groups in total. The van der Waals surface area contributed by atoms with Gasteiger partial charge in [0.2, 0.25) is 11.8 Å². The number of morpholine rings is 1. The summed E-state index contributed by atoms with van der Waals surface area (Å²) >= 11 is 0. The highest BCUT2D eigenvalue weighted by Gasteiger charge is 2.33. The predicted octanol–water partition coefficient (Wildman–Crippen LogP) is 4.37. The van der Waals surface area contributed by atoms with Crippen LogP contribution < -0.4 is 19.9 Å². The van der Waals surface area contributed by atoms with Crippen LogP contribution in [0.3, 0.4) is 0 Å². The number of para-hydroxylation sites is 1. The lowest BCUT2D eigenvalue weighted by Gasteiger charge is -2.32. The molecular formula is C34H34N6O4. The molecule has 0 aliphatic carbocycles. The van der Waals surface area contributed by atoms with Crippen molar-refractivity contribution < 1.29 is 19.1 Å². The fourth-order valence-electron chi connectivity index (χ4n) is 5.41. The molecule has 1 atom stereocenters. The van der Waals surface area contributed by atoms with E-state index < -0.39 is 6.04 Å². The van der Waals surface area contributed by atoms with Crippen LogP contribution in [0.2, 0.25) is 0 Å². The number of nitrogens with one attached hydrogen (secondary N) is 1. The maximum absolute atomic E-state index is 14.3. The second-order valence-electron chi connectivity index (χ2n) is 10.5. The Balaban J connectivity index is 1.38. The van der Waals surface area contributed by atoms with Crippen LogP contribution in [0, 0.1) is 0 Å². The summed E-state index contributed by atoms with van der Waals surface area (Å²) in [6, 6.07) is 31.2. The van der Waals surface area contributed by atoms with Crippen molar-refractivity contribution in [3.8, 4) is 5.75 Å². The molecule has 1 aliphatic rings. The Kier molecular flexibility index (Phi) is 8.79. The van der Waals surface area contributed by atoms with E-state index in [0.29, 0.717) is 42.3 Å². The van der Waals surface area contributed by atoms with Gasteiger partial charge in [0.1, 0.15) is 23.9 Å². The van der Waals surface area contributed by atoms with E-state index in [-0.39, 0.29) is 18.4 Å². The second kappa shape index (κ2) is 13.4. The average Bonchev–Trinajstić information content (AvgIpc) is 3.49. The zero-order chi connectivity index (χ0) is 30.3. The Hall–Kier alpha value is -5.22. The van der Waals surface area contributed by atoms with Crippen LogP contribution in [-0.4, -0.2) is 60.2 Å². The van der Waals surface area contributed by atoms with E-state index in [1.165, 1.54) is 0 Å². The van der Waals surface area contributed by atoms with Crippen molar-refractivity contribution in [1.82, 2.24) is 20.3 Å². The van der Waals surface area contributed by atoms with Gasteiger partial charge in [0.15, 0.2) is 0 Å². The minimum Gasteiger partial charge on any atom is -0.497 e. The van der Waals surface area contributed by atoms with Gasteiger partial charge < -0.3 is 19.7 Å². The standard InChI is InChI=1S/C34H34N6O4/c1-43-29-17-15-28(16-18-29)40(32(41)24-39-31-10-6-5-9-30(31)36-37-39)33(34(42)35-23-25-7-3-2-4-8-25)26-11-13-27(14-12-26)38-19-21-44-22-20-38/h2-18,33H,19-24H2,1H3,(H,35,42)/t33-/m0/s1. The average molecular weight is 591 g/mol. The minimum atomic E-state index is -0.965. The number of carbonyl (C=O) groups is 2. The number of carbonyl (C=O) groups excluding carboxylic acids is 2. The minimum absolute atomic E-state index is 0.110. The highest BCUT2D eigenvalue weighted by molar-refractivity contribution is 6.01. The third-order valence-electron chi connectivity index (χ3n) is 7.73. The van der Waals surface area contributed by atoms with Crippen molar-refractivity contribution in [2.75, 3.05) is 43.2 Å². The van der Waals surface area contributed by atoms with Gasteiger partial charge in [-0.3, -0.25) is 14.5 Å². The van der Waals surface area contributed by atoms with Crippen LogP contribution in [0.5, 0.6) is 5.75 Å². The van der Waals surface area contributed by atoms with Crippen LogP contribution in [0.25, 0.3) is 11.0 Å². The molecule has 10 nitrogen and oxygen atoms in total. The Morgan fingerprint density at radius 2 is 1.61 bits per heavy atom. The molecule has 224 valence electrons.